The van der Waals surface area contributed by atoms with Gasteiger partial charge in [-0.3, -0.25) is 4.79 Å². The van der Waals surface area contributed by atoms with Gasteiger partial charge >= 0.3 is 0 Å². The smallest absolute Gasteiger partial charge is 0.250 e. The van der Waals surface area contributed by atoms with Crippen molar-refractivity contribution in [3.63, 3.8) is 0 Å². The first-order valence-corrected chi connectivity index (χ1v) is 4.67. The van der Waals surface area contributed by atoms with Crippen LogP contribution in [0.25, 0.3) is 0 Å². The number of likely N-dealkylation sites (N-methyl/N-ethyl adjacent to an activating group) is 1. The number of nitrogens with zero attached hydrogens (tertiary/aromatic N) is 1. The predicted molar refractivity (Wildman–Crippen MR) is 60.1 cm³/mol. The molecule has 1 rings (SSSR count). The molecule has 1 amide bonds. The van der Waals surface area contributed by atoms with Gasteiger partial charge in [0.05, 0.1) is 10.0 Å². The lowest BCUT2D eigenvalue weighted by molar-refractivity contribution is -0.113. The molecule has 0 aliphatic heterocycles. The van der Waals surface area contributed by atoms with Crippen LogP contribution in [0.3, 0.4) is 0 Å². The lowest BCUT2D eigenvalue weighted by atomic mass is 10.3. The molecule has 0 aliphatic carbocycles. The summed E-state index contributed by atoms with van der Waals surface area (Å²) in [5, 5.41) is 0.891. The molecule has 0 aliphatic rings. The Labute approximate surface area is 92.7 Å². The summed E-state index contributed by atoms with van der Waals surface area (Å²) in [6.45, 7) is 3.40. The third-order valence-electron chi connectivity index (χ3n) is 1.80. The van der Waals surface area contributed by atoms with Crippen LogP contribution in [0.5, 0.6) is 0 Å². The second kappa shape index (κ2) is 4.49. The van der Waals surface area contributed by atoms with E-state index in [0.717, 1.165) is 0 Å². The molecule has 1 aromatic rings. The highest BCUT2D eigenvalue weighted by molar-refractivity contribution is 6.42. The number of anilines is 1. The van der Waals surface area contributed by atoms with Gasteiger partial charge in [0.2, 0.25) is 5.91 Å². The Morgan fingerprint density at radius 3 is 2.57 bits per heavy atom. The average Bonchev–Trinajstić information content (AvgIpc) is 2.20. The first-order chi connectivity index (χ1) is 6.56. The summed E-state index contributed by atoms with van der Waals surface area (Å²) >= 11 is 11.6. The zero-order chi connectivity index (χ0) is 10.7. The van der Waals surface area contributed by atoms with Crippen LogP contribution in [-0.4, -0.2) is 13.0 Å². The molecule has 1 aromatic carbocycles. The molecule has 0 aromatic heterocycles. The van der Waals surface area contributed by atoms with E-state index < -0.39 is 0 Å². The van der Waals surface area contributed by atoms with Crippen molar-refractivity contribution in [1.29, 1.82) is 0 Å². The summed E-state index contributed by atoms with van der Waals surface area (Å²) in [6.07, 6.45) is 1.24. The van der Waals surface area contributed by atoms with Crippen LogP contribution in [0.1, 0.15) is 0 Å². The van der Waals surface area contributed by atoms with Crippen LogP contribution in [-0.2, 0) is 4.79 Å². The Morgan fingerprint density at radius 2 is 2.07 bits per heavy atom. The van der Waals surface area contributed by atoms with E-state index in [2.05, 4.69) is 6.58 Å². The lowest BCUT2D eigenvalue weighted by Gasteiger charge is -2.15. The molecular weight excluding hydrogens is 221 g/mol. The Hall–Kier alpha value is -0.990. The lowest BCUT2D eigenvalue weighted by Crippen LogP contribution is -2.23. The van der Waals surface area contributed by atoms with Gasteiger partial charge in [0.1, 0.15) is 0 Å². The van der Waals surface area contributed by atoms with Gasteiger partial charge < -0.3 is 4.90 Å². The third-order valence-corrected chi connectivity index (χ3v) is 2.53. The number of hydrogen-bond acceptors (Lipinski definition) is 1. The van der Waals surface area contributed by atoms with Crippen LogP contribution in [0, 0.1) is 0 Å². The minimum Gasteiger partial charge on any atom is -0.312 e. The monoisotopic (exact) mass is 229 g/mol. The van der Waals surface area contributed by atoms with Gasteiger partial charge in [-0.15, -0.1) is 0 Å². The number of carbonyl (C=O) groups is 1. The van der Waals surface area contributed by atoms with E-state index in [4.69, 9.17) is 23.2 Å². The summed E-state index contributed by atoms with van der Waals surface area (Å²) in [5.41, 5.74) is 0.685. The molecule has 0 N–H and O–H groups in total. The number of hydrogen-bond donors (Lipinski definition) is 0. The molecule has 14 heavy (non-hydrogen) atoms. The van der Waals surface area contributed by atoms with Crippen molar-refractivity contribution in [2.24, 2.45) is 0 Å². The summed E-state index contributed by atoms with van der Waals surface area (Å²) < 4.78 is 0. The highest BCUT2D eigenvalue weighted by atomic mass is 35.5. The fourth-order valence-electron chi connectivity index (χ4n) is 0.958. The molecule has 0 spiro atoms. The standard InChI is InChI=1S/C10H9Cl2NO/c1-3-10(14)13(2)7-4-5-8(11)9(12)6-7/h3-6H,1H2,2H3. The summed E-state index contributed by atoms with van der Waals surface area (Å²) in [6, 6.07) is 4.99. The molecule has 0 bridgehead atoms. The van der Waals surface area contributed by atoms with Crippen LogP contribution in [0.4, 0.5) is 5.69 Å². The van der Waals surface area contributed by atoms with Crippen molar-refractivity contribution in [3.05, 3.63) is 40.9 Å². The van der Waals surface area contributed by atoms with Gasteiger partial charge in [0.15, 0.2) is 0 Å². The van der Waals surface area contributed by atoms with Crippen molar-refractivity contribution in [2.75, 3.05) is 11.9 Å². The van der Waals surface area contributed by atoms with Crippen molar-refractivity contribution in [2.45, 2.75) is 0 Å². The summed E-state index contributed by atoms with van der Waals surface area (Å²) in [5.74, 6) is -0.191. The van der Waals surface area contributed by atoms with Crippen LogP contribution >= 0.6 is 23.2 Å². The Morgan fingerprint density at radius 1 is 1.43 bits per heavy atom. The minimum atomic E-state index is -0.191. The van der Waals surface area contributed by atoms with Gasteiger partial charge in [-0.05, 0) is 24.3 Å². The Balaban J connectivity index is 3.02. The topological polar surface area (TPSA) is 20.3 Å². The van der Waals surface area contributed by atoms with Gasteiger partial charge in [-0.25, -0.2) is 0 Å². The molecule has 4 heteroatoms. The Kier molecular flexibility index (Phi) is 3.55. The van der Waals surface area contributed by atoms with Gasteiger partial charge in [0.25, 0.3) is 0 Å². The maximum Gasteiger partial charge on any atom is 0.250 e. The molecule has 0 saturated carbocycles. The SMILES string of the molecule is C=CC(=O)N(C)c1ccc(Cl)c(Cl)c1. The maximum absolute atomic E-state index is 11.2. The highest BCUT2D eigenvalue weighted by Gasteiger charge is 2.08. The molecule has 2 nitrogen and oxygen atoms in total. The number of carbonyl (C=O) groups excluding carboxylic acids is 1. The minimum absolute atomic E-state index is 0.191. The largest absolute Gasteiger partial charge is 0.312 e. The normalized spacial score (nSPS) is 9.64. The van der Waals surface area contributed by atoms with Crippen LogP contribution in [0.2, 0.25) is 10.0 Å². The van der Waals surface area contributed by atoms with Gasteiger partial charge in [-0.2, -0.15) is 0 Å². The van der Waals surface area contributed by atoms with Crippen molar-refractivity contribution < 1.29 is 4.79 Å². The molecular formula is C10H9Cl2NO. The first kappa shape index (κ1) is 11.1. The number of amides is 1. The average molecular weight is 230 g/mol. The fraction of sp³-hybridized carbons (Fsp3) is 0.100. The number of benzene rings is 1. The van der Waals surface area contributed by atoms with E-state index in [1.165, 1.54) is 11.0 Å². The molecule has 0 heterocycles. The molecule has 0 unspecified atom stereocenters. The van der Waals surface area contributed by atoms with Crippen LogP contribution in [0.15, 0.2) is 30.9 Å². The molecule has 0 radical (unpaired) electrons. The fourth-order valence-corrected chi connectivity index (χ4v) is 1.25. The van der Waals surface area contributed by atoms with Crippen molar-refractivity contribution >= 4 is 34.8 Å². The zero-order valence-corrected chi connectivity index (χ0v) is 9.14. The van der Waals surface area contributed by atoms with E-state index in [9.17, 15) is 4.79 Å². The maximum atomic E-state index is 11.2. The molecule has 0 saturated heterocycles. The zero-order valence-electron chi connectivity index (χ0n) is 7.63. The number of rotatable bonds is 2. The van der Waals surface area contributed by atoms with E-state index in [1.54, 1.807) is 25.2 Å². The number of halogens is 2. The quantitative estimate of drug-likeness (QED) is 0.714. The van der Waals surface area contributed by atoms with Gasteiger partial charge in [-0.1, -0.05) is 29.8 Å². The van der Waals surface area contributed by atoms with Crippen molar-refractivity contribution in [3.8, 4) is 0 Å². The molecule has 74 valence electrons. The molecule has 0 atom stereocenters. The third kappa shape index (κ3) is 2.28. The van der Waals surface area contributed by atoms with E-state index in [0.29, 0.717) is 15.7 Å². The predicted octanol–water partition coefficient (Wildman–Crippen LogP) is 3.14. The summed E-state index contributed by atoms with van der Waals surface area (Å²) in [4.78, 5) is 12.7. The Bertz CT molecular complexity index is 376. The molecule has 0 fully saturated rings. The first-order valence-electron chi connectivity index (χ1n) is 3.91. The second-order valence-electron chi connectivity index (χ2n) is 2.70. The van der Waals surface area contributed by atoms with Crippen LogP contribution < -0.4 is 4.90 Å². The van der Waals surface area contributed by atoms with E-state index in [-0.39, 0.29) is 5.91 Å². The van der Waals surface area contributed by atoms with Crippen molar-refractivity contribution in [1.82, 2.24) is 0 Å². The van der Waals surface area contributed by atoms with E-state index in [1.807, 2.05) is 0 Å². The van der Waals surface area contributed by atoms with Gasteiger partial charge in [0, 0.05) is 12.7 Å². The second-order valence-corrected chi connectivity index (χ2v) is 3.51. The summed E-state index contributed by atoms with van der Waals surface area (Å²) in [7, 11) is 1.64. The van der Waals surface area contributed by atoms with E-state index >= 15 is 0 Å². The highest BCUT2D eigenvalue weighted by Crippen LogP contribution is 2.26.